The zero-order valence-electron chi connectivity index (χ0n) is 50.0. The molecular weight excluding hydrogens is 937 g/mol. The minimum absolute atomic E-state index is 0.0771. The van der Waals surface area contributed by atoms with Gasteiger partial charge in [0.05, 0.1) is 0 Å². The van der Waals surface area contributed by atoms with Gasteiger partial charge in [-0.1, -0.05) is 285 Å². The Bertz CT molecular complexity index is 1490. The molecule has 1 atom stereocenters. The van der Waals surface area contributed by atoms with Crippen molar-refractivity contribution in [3.63, 3.8) is 0 Å². The number of unbranched alkanes of at least 4 members (excludes halogenated alkanes) is 31. The van der Waals surface area contributed by atoms with Gasteiger partial charge in [-0.25, -0.2) is 0 Å². The number of carbonyl (C=O) groups is 3. The van der Waals surface area contributed by atoms with Crippen molar-refractivity contribution in [1.29, 1.82) is 0 Å². The second-order valence-electron chi connectivity index (χ2n) is 21.3. The molecule has 0 amide bonds. The van der Waals surface area contributed by atoms with Crippen molar-refractivity contribution < 1.29 is 28.6 Å². The molecule has 0 aliphatic heterocycles. The summed E-state index contributed by atoms with van der Waals surface area (Å²) in [6.45, 7) is 6.46. The summed E-state index contributed by atoms with van der Waals surface area (Å²) < 4.78 is 16.8. The lowest BCUT2D eigenvalue weighted by Gasteiger charge is -2.18. The lowest BCUT2D eigenvalue weighted by Crippen LogP contribution is -2.30. The van der Waals surface area contributed by atoms with Crippen LogP contribution < -0.4 is 0 Å². The van der Waals surface area contributed by atoms with Gasteiger partial charge in [-0.05, 0) is 103 Å². The highest BCUT2D eigenvalue weighted by atomic mass is 16.6. The summed E-state index contributed by atoms with van der Waals surface area (Å²) in [4.78, 5) is 37.9. The first-order valence-electron chi connectivity index (χ1n) is 32.2. The molecule has 436 valence electrons. The van der Waals surface area contributed by atoms with E-state index in [9.17, 15) is 14.4 Å². The monoisotopic (exact) mass is 1060 g/mol. The summed E-state index contributed by atoms with van der Waals surface area (Å²) in [7, 11) is 0. The standard InChI is InChI=1S/C70H120O6/c1-4-7-10-13-15-17-19-21-23-25-27-28-29-30-31-32-33-34-35-36-37-38-39-40-41-42-43-45-46-48-50-52-54-57-60-63-69(72)75-66-67(65-74-68(71)62-59-56-12-9-6-3)76-70(73)64-61-58-55-53-51-49-47-44-26-24-22-20-18-16-14-11-8-5-2/h7,10,15,17,21,23-24,26-28,30-31,33-34,36-37,67H,4-6,8-9,11-14,16,18-20,22,25,29,32,35,38-66H2,1-3H3/b10-7-,17-15-,23-21-,26-24-,28-27-,31-30-,34-33-,37-36-. The van der Waals surface area contributed by atoms with E-state index in [1.807, 2.05) is 0 Å². The maximum atomic E-state index is 12.8. The van der Waals surface area contributed by atoms with Gasteiger partial charge >= 0.3 is 17.9 Å². The first-order chi connectivity index (χ1) is 37.5. The highest BCUT2D eigenvalue weighted by Gasteiger charge is 2.19. The van der Waals surface area contributed by atoms with Crippen molar-refractivity contribution in [1.82, 2.24) is 0 Å². The molecule has 0 aromatic heterocycles. The number of ether oxygens (including phenoxy) is 3. The Morgan fingerprint density at radius 3 is 0.816 bits per heavy atom. The van der Waals surface area contributed by atoms with E-state index in [-0.39, 0.29) is 31.1 Å². The summed E-state index contributed by atoms with van der Waals surface area (Å²) in [6, 6.07) is 0. The molecule has 0 aromatic carbocycles. The number of rotatable bonds is 58. The molecule has 0 fully saturated rings. The minimum atomic E-state index is -0.775. The largest absolute Gasteiger partial charge is 0.462 e. The van der Waals surface area contributed by atoms with Gasteiger partial charge in [0.15, 0.2) is 6.10 Å². The summed E-state index contributed by atoms with van der Waals surface area (Å²) >= 11 is 0. The Morgan fingerprint density at radius 2 is 0.513 bits per heavy atom. The zero-order chi connectivity index (χ0) is 55.0. The Balaban J connectivity index is 3.99. The Hall–Kier alpha value is -3.67. The molecule has 0 rings (SSSR count). The Labute approximate surface area is 470 Å². The van der Waals surface area contributed by atoms with Crippen LogP contribution in [0.4, 0.5) is 0 Å². The molecule has 0 bridgehead atoms. The van der Waals surface area contributed by atoms with E-state index >= 15 is 0 Å². The molecule has 0 aliphatic rings. The van der Waals surface area contributed by atoms with Crippen LogP contribution in [0.25, 0.3) is 0 Å². The molecule has 0 aromatic rings. The molecule has 0 aliphatic carbocycles. The van der Waals surface area contributed by atoms with Gasteiger partial charge in [0.1, 0.15) is 13.2 Å². The SMILES string of the molecule is CC/C=C\C/C=C\C/C=C\C/C=C\C/C=C\C/C=C\C/C=C\CCCCCCCCCCCCCCCC(=O)OCC(COC(=O)CCCCCCC)OC(=O)CCCCCCCCC/C=C\CCCCCCCCC. The molecular formula is C70H120O6. The predicted octanol–water partition coefficient (Wildman–Crippen LogP) is 22.0. The quantitative estimate of drug-likeness (QED) is 0.0261. The predicted molar refractivity (Wildman–Crippen MR) is 330 cm³/mol. The van der Waals surface area contributed by atoms with Crippen molar-refractivity contribution in [2.45, 2.75) is 316 Å². The molecule has 6 heteroatoms. The van der Waals surface area contributed by atoms with Crippen molar-refractivity contribution in [2.24, 2.45) is 0 Å². The van der Waals surface area contributed by atoms with Crippen LogP contribution in [0.15, 0.2) is 97.2 Å². The summed E-state index contributed by atoms with van der Waals surface area (Å²) in [5, 5.41) is 0. The molecule has 1 unspecified atom stereocenters. The Kier molecular flexibility index (Phi) is 60.8. The zero-order valence-corrected chi connectivity index (χ0v) is 50.0. The van der Waals surface area contributed by atoms with Crippen LogP contribution in [0.3, 0.4) is 0 Å². The number of carbonyl (C=O) groups excluding carboxylic acids is 3. The summed E-state index contributed by atoms with van der Waals surface area (Å²) in [5.41, 5.74) is 0. The number of hydrogen-bond donors (Lipinski definition) is 0. The summed E-state index contributed by atoms with van der Waals surface area (Å²) in [5.74, 6) is -0.888. The van der Waals surface area contributed by atoms with E-state index < -0.39 is 6.10 Å². The number of hydrogen-bond acceptors (Lipinski definition) is 6. The third-order valence-corrected chi connectivity index (χ3v) is 13.8. The van der Waals surface area contributed by atoms with Crippen LogP contribution in [0.2, 0.25) is 0 Å². The maximum absolute atomic E-state index is 12.8. The summed E-state index contributed by atoms with van der Waals surface area (Å²) in [6.07, 6.45) is 86.1. The fourth-order valence-electron chi connectivity index (χ4n) is 9.01. The minimum Gasteiger partial charge on any atom is -0.462 e. The smallest absolute Gasteiger partial charge is 0.306 e. The van der Waals surface area contributed by atoms with Gasteiger partial charge in [-0.2, -0.15) is 0 Å². The highest BCUT2D eigenvalue weighted by Crippen LogP contribution is 2.16. The number of allylic oxidation sites excluding steroid dienone is 16. The second-order valence-corrected chi connectivity index (χ2v) is 21.3. The normalized spacial score (nSPS) is 12.7. The first kappa shape index (κ1) is 72.3. The van der Waals surface area contributed by atoms with Crippen molar-refractivity contribution >= 4 is 17.9 Å². The first-order valence-corrected chi connectivity index (χ1v) is 32.2. The topological polar surface area (TPSA) is 78.9 Å². The molecule has 6 nitrogen and oxygen atoms in total. The van der Waals surface area contributed by atoms with Crippen LogP contribution in [0, 0.1) is 0 Å². The fourth-order valence-corrected chi connectivity index (χ4v) is 9.01. The van der Waals surface area contributed by atoms with Crippen LogP contribution in [0.1, 0.15) is 310 Å². The van der Waals surface area contributed by atoms with Gasteiger partial charge < -0.3 is 14.2 Å². The van der Waals surface area contributed by atoms with Crippen molar-refractivity contribution in [2.75, 3.05) is 13.2 Å². The average Bonchev–Trinajstić information content (AvgIpc) is 3.42. The van der Waals surface area contributed by atoms with Crippen molar-refractivity contribution in [3.05, 3.63) is 97.2 Å². The molecule has 76 heavy (non-hydrogen) atoms. The van der Waals surface area contributed by atoms with Gasteiger partial charge in [-0.3, -0.25) is 14.4 Å². The van der Waals surface area contributed by atoms with E-state index in [1.165, 1.54) is 161 Å². The van der Waals surface area contributed by atoms with E-state index in [4.69, 9.17) is 14.2 Å². The molecule has 0 saturated carbocycles. The average molecular weight is 1060 g/mol. The fraction of sp³-hybridized carbons (Fsp3) is 0.729. The van der Waals surface area contributed by atoms with Gasteiger partial charge in [0.25, 0.3) is 0 Å². The van der Waals surface area contributed by atoms with Crippen LogP contribution >= 0.6 is 0 Å². The third-order valence-electron chi connectivity index (χ3n) is 13.8. The maximum Gasteiger partial charge on any atom is 0.306 e. The molecule has 0 radical (unpaired) electrons. The lowest BCUT2D eigenvalue weighted by atomic mass is 10.0. The van der Waals surface area contributed by atoms with E-state index in [0.717, 1.165) is 109 Å². The number of esters is 3. The van der Waals surface area contributed by atoms with Crippen molar-refractivity contribution in [3.8, 4) is 0 Å². The molecule has 0 spiro atoms. The highest BCUT2D eigenvalue weighted by molar-refractivity contribution is 5.71. The van der Waals surface area contributed by atoms with Gasteiger partial charge in [0, 0.05) is 19.3 Å². The molecule has 0 saturated heterocycles. The van der Waals surface area contributed by atoms with Crippen LogP contribution in [-0.4, -0.2) is 37.2 Å². The van der Waals surface area contributed by atoms with Gasteiger partial charge in [-0.15, -0.1) is 0 Å². The van der Waals surface area contributed by atoms with Gasteiger partial charge in [0.2, 0.25) is 0 Å². The molecule has 0 N–H and O–H groups in total. The second kappa shape index (κ2) is 63.9. The third kappa shape index (κ3) is 61.2. The van der Waals surface area contributed by atoms with E-state index in [0.29, 0.717) is 19.3 Å². The van der Waals surface area contributed by atoms with Crippen LogP contribution in [-0.2, 0) is 28.6 Å². The van der Waals surface area contributed by atoms with E-state index in [2.05, 4.69) is 118 Å². The van der Waals surface area contributed by atoms with E-state index in [1.54, 1.807) is 0 Å². The Morgan fingerprint density at radius 1 is 0.276 bits per heavy atom. The molecule has 0 heterocycles. The van der Waals surface area contributed by atoms with Crippen LogP contribution in [0.5, 0.6) is 0 Å². The lowest BCUT2D eigenvalue weighted by molar-refractivity contribution is -0.167.